The van der Waals surface area contributed by atoms with E-state index in [9.17, 15) is 14.4 Å². The molecule has 8 nitrogen and oxygen atoms in total. The van der Waals surface area contributed by atoms with Gasteiger partial charge < -0.3 is 23.7 Å². The highest BCUT2D eigenvalue weighted by Gasteiger charge is 2.58. The summed E-state index contributed by atoms with van der Waals surface area (Å²) < 4.78 is 28.7. The average Bonchev–Trinajstić information content (AvgIpc) is 3.02. The van der Waals surface area contributed by atoms with Gasteiger partial charge in [0.05, 0.1) is 13.2 Å². The highest BCUT2D eigenvalue weighted by Crippen LogP contribution is 2.35. The summed E-state index contributed by atoms with van der Waals surface area (Å²) in [6, 6.07) is 18.9. The summed E-state index contributed by atoms with van der Waals surface area (Å²) in [5.41, 5.74) is 1.78. The molecule has 0 N–H and O–H groups in total. The van der Waals surface area contributed by atoms with Gasteiger partial charge in [0, 0.05) is 20.8 Å². The molecule has 8 heteroatoms. The molecule has 0 bridgehead atoms. The normalized spacial score (nSPS) is 24.2. The van der Waals surface area contributed by atoms with E-state index in [0.717, 1.165) is 11.1 Å². The molecule has 1 unspecified atom stereocenters. The van der Waals surface area contributed by atoms with Crippen molar-refractivity contribution in [3.8, 4) is 0 Å². The van der Waals surface area contributed by atoms with Crippen LogP contribution in [0.1, 0.15) is 31.9 Å². The molecule has 5 atom stereocenters. The van der Waals surface area contributed by atoms with E-state index in [0.29, 0.717) is 0 Å². The Hall–Kier alpha value is -3.23. The molecule has 2 aromatic rings. The number of benzene rings is 2. The first-order valence-electron chi connectivity index (χ1n) is 10.7. The number of carbonyl (C=O) groups is 3. The van der Waals surface area contributed by atoms with Crippen molar-refractivity contribution in [2.45, 2.75) is 64.5 Å². The molecule has 0 amide bonds. The molecular weight excluding hydrogens is 428 g/mol. The van der Waals surface area contributed by atoms with Crippen molar-refractivity contribution in [3.63, 3.8) is 0 Å². The SMILES string of the molecule is CC(=O)OC1[C@@H](OC(C)=O)[C@@H](OCc2ccccc2)[C@H](OCc2ccccc2)[C@H]1OC(C)=O. The molecule has 33 heavy (non-hydrogen) atoms. The first kappa shape index (κ1) is 24.4. The summed E-state index contributed by atoms with van der Waals surface area (Å²) in [6.45, 7) is 4.10. The van der Waals surface area contributed by atoms with Gasteiger partial charge in [-0.15, -0.1) is 0 Å². The lowest BCUT2D eigenvalue weighted by molar-refractivity contribution is -0.179. The molecular formula is C25H28O8. The van der Waals surface area contributed by atoms with Gasteiger partial charge in [0.25, 0.3) is 0 Å². The molecule has 1 fully saturated rings. The molecule has 0 saturated heterocycles. The smallest absolute Gasteiger partial charge is 0.303 e. The van der Waals surface area contributed by atoms with E-state index >= 15 is 0 Å². The van der Waals surface area contributed by atoms with E-state index in [4.69, 9.17) is 23.7 Å². The Morgan fingerprint density at radius 3 is 1.15 bits per heavy atom. The molecule has 0 spiro atoms. The van der Waals surface area contributed by atoms with E-state index in [-0.39, 0.29) is 13.2 Å². The fraction of sp³-hybridized carbons (Fsp3) is 0.400. The van der Waals surface area contributed by atoms with Crippen LogP contribution < -0.4 is 0 Å². The fourth-order valence-corrected chi connectivity index (χ4v) is 3.82. The monoisotopic (exact) mass is 456 g/mol. The van der Waals surface area contributed by atoms with Crippen molar-refractivity contribution < 1.29 is 38.1 Å². The number of hydrogen-bond donors (Lipinski definition) is 0. The third kappa shape index (κ3) is 6.87. The summed E-state index contributed by atoms with van der Waals surface area (Å²) in [5, 5.41) is 0. The number of ether oxygens (including phenoxy) is 5. The molecule has 2 aromatic carbocycles. The molecule has 1 saturated carbocycles. The molecule has 1 aliphatic carbocycles. The maximum absolute atomic E-state index is 11.9. The summed E-state index contributed by atoms with van der Waals surface area (Å²) in [4.78, 5) is 35.6. The van der Waals surface area contributed by atoms with E-state index in [1.54, 1.807) is 0 Å². The largest absolute Gasteiger partial charge is 0.456 e. The molecule has 176 valence electrons. The van der Waals surface area contributed by atoms with Gasteiger partial charge in [-0.05, 0) is 11.1 Å². The van der Waals surface area contributed by atoms with Crippen molar-refractivity contribution in [1.82, 2.24) is 0 Å². The van der Waals surface area contributed by atoms with Crippen LogP contribution in [0, 0.1) is 0 Å². The Bertz CT molecular complexity index is 860. The zero-order chi connectivity index (χ0) is 23.8. The second kappa shape index (κ2) is 11.6. The van der Waals surface area contributed by atoms with Gasteiger partial charge in [-0.25, -0.2) is 0 Å². The van der Waals surface area contributed by atoms with Crippen molar-refractivity contribution in [3.05, 3.63) is 71.8 Å². The maximum Gasteiger partial charge on any atom is 0.303 e. The van der Waals surface area contributed by atoms with Crippen molar-refractivity contribution in [1.29, 1.82) is 0 Å². The lowest BCUT2D eigenvalue weighted by Crippen LogP contribution is -2.41. The first-order valence-corrected chi connectivity index (χ1v) is 10.7. The van der Waals surface area contributed by atoms with Crippen LogP contribution in [0.2, 0.25) is 0 Å². The number of rotatable bonds is 9. The molecule has 1 aliphatic rings. The van der Waals surface area contributed by atoms with Crippen LogP contribution in [0.15, 0.2) is 60.7 Å². The summed E-state index contributed by atoms with van der Waals surface area (Å²) in [7, 11) is 0. The van der Waals surface area contributed by atoms with Gasteiger partial charge in [0.1, 0.15) is 12.2 Å². The minimum Gasteiger partial charge on any atom is -0.456 e. The van der Waals surface area contributed by atoms with Gasteiger partial charge in [0.2, 0.25) is 0 Å². The Labute approximate surface area is 192 Å². The van der Waals surface area contributed by atoms with Gasteiger partial charge in [0.15, 0.2) is 18.3 Å². The molecule has 0 aromatic heterocycles. The Morgan fingerprint density at radius 1 is 0.545 bits per heavy atom. The van der Waals surface area contributed by atoms with Crippen LogP contribution in [0.5, 0.6) is 0 Å². The quantitative estimate of drug-likeness (QED) is 0.420. The minimum absolute atomic E-state index is 0.189. The molecule has 0 aliphatic heterocycles. The standard InChI is InChI=1S/C25H28O8/c1-16(26)31-23-21(29-14-19-10-6-4-7-11-19)22(30-15-20-12-8-5-9-13-20)24(32-17(2)27)25(23)33-18(3)28/h4-13,21-25H,14-15H2,1-3H3/t21-,22-,23-,24+,25?/m0/s1. The van der Waals surface area contributed by atoms with Crippen molar-refractivity contribution in [2.24, 2.45) is 0 Å². The maximum atomic E-state index is 11.9. The number of hydrogen-bond acceptors (Lipinski definition) is 8. The highest BCUT2D eigenvalue weighted by molar-refractivity contribution is 5.68. The van der Waals surface area contributed by atoms with E-state index in [1.807, 2.05) is 60.7 Å². The first-order chi connectivity index (χ1) is 15.8. The van der Waals surface area contributed by atoms with Crippen LogP contribution in [0.4, 0.5) is 0 Å². The lowest BCUT2D eigenvalue weighted by Gasteiger charge is -2.26. The van der Waals surface area contributed by atoms with Gasteiger partial charge in [-0.3, -0.25) is 14.4 Å². The highest BCUT2D eigenvalue weighted by atomic mass is 16.7. The zero-order valence-electron chi connectivity index (χ0n) is 18.8. The van der Waals surface area contributed by atoms with E-state index in [1.165, 1.54) is 20.8 Å². The summed E-state index contributed by atoms with van der Waals surface area (Å²) in [5.74, 6) is -1.79. The number of esters is 3. The molecule has 0 radical (unpaired) electrons. The predicted molar refractivity (Wildman–Crippen MR) is 117 cm³/mol. The lowest BCUT2D eigenvalue weighted by atomic mass is 10.2. The Balaban J connectivity index is 1.92. The van der Waals surface area contributed by atoms with Crippen LogP contribution in [-0.4, -0.2) is 48.4 Å². The van der Waals surface area contributed by atoms with Crippen molar-refractivity contribution in [2.75, 3.05) is 0 Å². The van der Waals surface area contributed by atoms with Crippen LogP contribution in [0.25, 0.3) is 0 Å². The fourth-order valence-electron chi connectivity index (χ4n) is 3.82. The summed E-state index contributed by atoms with van der Waals surface area (Å²) in [6.07, 6.45) is -4.85. The van der Waals surface area contributed by atoms with Gasteiger partial charge in [-0.2, -0.15) is 0 Å². The van der Waals surface area contributed by atoms with Crippen LogP contribution in [0.3, 0.4) is 0 Å². The van der Waals surface area contributed by atoms with Crippen LogP contribution in [-0.2, 0) is 51.3 Å². The van der Waals surface area contributed by atoms with E-state index in [2.05, 4.69) is 0 Å². The van der Waals surface area contributed by atoms with E-state index < -0.39 is 48.4 Å². The average molecular weight is 456 g/mol. The Morgan fingerprint density at radius 2 is 0.848 bits per heavy atom. The second-order valence-electron chi connectivity index (χ2n) is 7.74. The second-order valence-corrected chi connectivity index (χ2v) is 7.74. The molecule has 3 rings (SSSR count). The molecule has 0 heterocycles. The van der Waals surface area contributed by atoms with Gasteiger partial charge in [-0.1, -0.05) is 60.7 Å². The van der Waals surface area contributed by atoms with Crippen LogP contribution >= 0.6 is 0 Å². The summed E-state index contributed by atoms with van der Waals surface area (Å²) >= 11 is 0. The zero-order valence-corrected chi connectivity index (χ0v) is 18.8. The minimum atomic E-state index is -1.09. The topological polar surface area (TPSA) is 97.4 Å². The third-order valence-electron chi connectivity index (χ3n) is 5.10. The number of carbonyl (C=O) groups excluding carboxylic acids is 3. The predicted octanol–water partition coefficient (Wildman–Crippen LogP) is 2.97. The Kier molecular flexibility index (Phi) is 8.57. The van der Waals surface area contributed by atoms with Gasteiger partial charge >= 0.3 is 17.9 Å². The third-order valence-corrected chi connectivity index (χ3v) is 5.10. The van der Waals surface area contributed by atoms with Crippen molar-refractivity contribution >= 4 is 17.9 Å².